The molecule has 2 aromatic rings. The molecule has 1 aromatic heterocycles. The Bertz CT molecular complexity index is 497. The van der Waals surface area contributed by atoms with E-state index in [1.54, 1.807) is 6.26 Å². The van der Waals surface area contributed by atoms with Crippen molar-refractivity contribution in [3.8, 4) is 0 Å². The minimum Gasteiger partial charge on any atom is -0.481 e. The van der Waals surface area contributed by atoms with Crippen LogP contribution in [0.25, 0.3) is 11.0 Å². The molecule has 0 atom stereocenters. The van der Waals surface area contributed by atoms with Gasteiger partial charge in [0.25, 0.3) is 0 Å². The standard InChI is InChI=1S/C12H12O3/c1-8-9(3-5-12(13)14)2-4-11-10(8)6-7-15-11/h2,4,6-7H,3,5H2,1H3,(H,13,14). The number of carboxylic acid groups (broad SMARTS) is 1. The van der Waals surface area contributed by atoms with Gasteiger partial charge in [-0.05, 0) is 36.6 Å². The van der Waals surface area contributed by atoms with E-state index in [4.69, 9.17) is 9.52 Å². The molecule has 0 radical (unpaired) electrons. The summed E-state index contributed by atoms with van der Waals surface area (Å²) in [6, 6.07) is 5.73. The summed E-state index contributed by atoms with van der Waals surface area (Å²) in [4.78, 5) is 10.5. The summed E-state index contributed by atoms with van der Waals surface area (Å²) in [7, 11) is 0. The highest BCUT2D eigenvalue weighted by atomic mass is 16.4. The Morgan fingerprint density at radius 1 is 1.40 bits per heavy atom. The van der Waals surface area contributed by atoms with Gasteiger partial charge in [0.1, 0.15) is 5.58 Å². The number of benzene rings is 1. The molecule has 0 aliphatic rings. The normalized spacial score (nSPS) is 10.7. The molecule has 0 bridgehead atoms. The van der Waals surface area contributed by atoms with Crippen molar-refractivity contribution in [2.75, 3.05) is 0 Å². The Hall–Kier alpha value is -1.77. The van der Waals surface area contributed by atoms with Gasteiger partial charge < -0.3 is 9.52 Å². The first-order valence-corrected chi connectivity index (χ1v) is 4.86. The van der Waals surface area contributed by atoms with E-state index in [-0.39, 0.29) is 6.42 Å². The summed E-state index contributed by atoms with van der Waals surface area (Å²) in [6.45, 7) is 2.00. The molecule has 0 saturated heterocycles. The zero-order chi connectivity index (χ0) is 10.8. The number of rotatable bonds is 3. The highest BCUT2D eigenvalue weighted by Gasteiger charge is 2.06. The number of hydrogen-bond donors (Lipinski definition) is 1. The Labute approximate surface area is 87.3 Å². The van der Waals surface area contributed by atoms with Gasteiger partial charge in [-0.25, -0.2) is 0 Å². The second-order valence-corrected chi connectivity index (χ2v) is 3.58. The predicted molar refractivity (Wildman–Crippen MR) is 56.9 cm³/mol. The van der Waals surface area contributed by atoms with Crippen LogP contribution in [0.4, 0.5) is 0 Å². The fourth-order valence-electron chi connectivity index (χ4n) is 1.75. The van der Waals surface area contributed by atoms with Gasteiger partial charge in [-0.3, -0.25) is 4.79 Å². The lowest BCUT2D eigenvalue weighted by Crippen LogP contribution is -1.98. The highest BCUT2D eigenvalue weighted by Crippen LogP contribution is 2.23. The topological polar surface area (TPSA) is 50.4 Å². The molecule has 1 aromatic carbocycles. The van der Waals surface area contributed by atoms with Crippen molar-refractivity contribution in [3.63, 3.8) is 0 Å². The second-order valence-electron chi connectivity index (χ2n) is 3.58. The molecule has 0 saturated carbocycles. The molecule has 1 heterocycles. The van der Waals surface area contributed by atoms with Crippen LogP contribution in [0, 0.1) is 6.92 Å². The van der Waals surface area contributed by atoms with Gasteiger partial charge in [-0.1, -0.05) is 6.07 Å². The number of carboxylic acids is 1. The van der Waals surface area contributed by atoms with E-state index in [0.29, 0.717) is 6.42 Å². The van der Waals surface area contributed by atoms with Crippen molar-refractivity contribution in [2.45, 2.75) is 19.8 Å². The maximum absolute atomic E-state index is 10.5. The number of hydrogen-bond acceptors (Lipinski definition) is 2. The highest BCUT2D eigenvalue weighted by molar-refractivity contribution is 5.82. The molecular formula is C12H12O3. The minimum absolute atomic E-state index is 0.171. The van der Waals surface area contributed by atoms with E-state index >= 15 is 0 Å². The van der Waals surface area contributed by atoms with Gasteiger partial charge in [0.05, 0.1) is 6.26 Å². The molecular weight excluding hydrogens is 192 g/mol. The Morgan fingerprint density at radius 3 is 2.93 bits per heavy atom. The first kappa shape index (κ1) is 9.77. The van der Waals surface area contributed by atoms with Crippen molar-refractivity contribution in [2.24, 2.45) is 0 Å². The van der Waals surface area contributed by atoms with Crippen LogP contribution in [0.15, 0.2) is 28.9 Å². The number of aliphatic carboxylic acids is 1. The molecule has 0 amide bonds. The third-order valence-corrected chi connectivity index (χ3v) is 2.62. The summed E-state index contributed by atoms with van der Waals surface area (Å²) in [6.07, 6.45) is 2.39. The average molecular weight is 204 g/mol. The first-order chi connectivity index (χ1) is 7.18. The average Bonchev–Trinajstić information content (AvgIpc) is 2.65. The van der Waals surface area contributed by atoms with Crippen LogP contribution < -0.4 is 0 Å². The second kappa shape index (κ2) is 3.77. The quantitative estimate of drug-likeness (QED) is 0.836. The fraction of sp³-hybridized carbons (Fsp3) is 0.250. The van der Waals surface area contributed by atoms with Crippen LogP contribution in [0.1, 0.15) is 17.5 Å². The van der Waals surface area contributed by atoms with Crippen molar-refractivity contribution < 1.29 is 14.3 Å². The SMILES string of the molecule is Cc1c(CCC(=O)O)ccc2occc12. The predicted octanol–water partition coefficient (Wildman–Crippen LogP) is 2.76. The van der Waals surface area contributed by atoms with Gasteiger partial charge in [-0.15, -0.1) is 0 Å². The molecule has 0 aliphatic heterocycles. The van der Waals surface area contributed by atoms with E-state index < -0.39 is 5.97 Å². The maximum Gasteiger partial charge on any atom is 0.303 e. The molecule has 3 nitrogen and oxygen atoms in total. The van der Waals surface area contributed by atoms with Crippen LogP contribution >= 0.6 is 0 Å². The van der Waals surface area contributed by atoms with Gasteiger partial charge in [0.2, 0.25) is 0 Å². The number of aryl methyl sites for hydroxylation is 2. The number of carbonyl (C=O) groups is 1. The fourth-order valence-corrected chi connectivity index (χ4v) is 1.75. The van der Waals surface area contributed by atoms with E-state index in [1.807, 2.05) is 25.1 Å². The lowest BCUT2D eigenvalue weighted by Gasteiger charge is -2.04. The molecule has 3 heteroatoms. The lowest BCUT2D eigenvalue weighted by molar-refractivity contribution is -0.136. The first-order valence-electron chi connectivity index (χ1n) is 4.86. The Morgan fingerprint density at radius 2 is 2.20 bits per heavy atom. The number of fused-ring (bicyclic) bond motifs is 1. The third-order valence-electron chi connectivity index (χ3n) is 2.62. The van der Waals surface area contributed by atoms with E-state index in [2.05, 4.69) is 0 Å². The Kier molecular flexibility index (Phi) is 2.46. The summed E-state index contributed by atoms with van der Waals surface area (Å²) < 4.78 is 5.26. The molecule has 0 aliphatic carbocycles. The lowest BCUT2D eigenvalue weighted by atomic mass is 10.0. The van der Waals surface area contributed by atoms with Gasteiger partial charge >= 0.3 is 5.97 Å². The molecule has 0 spiro atoms. The van der Waals surface area contributed by atoms with E-state index in [1.165, 1.54) is 0 Å². The van der Waals surface area contributed by atoms with Gasteiger partial charge in [0.15, 0.2) is 0 Å². The van der Waals surface area contributed by atoms with E-state index in [9.17, 15) is 4.79 Å². The third kappa shape index (κ3) is 1.86. The van der Waals surface area contributed by atoms with Crippen molar-refractivity contribution in [1.29, 1.82) is 0 Å². The minimum atomic E-state index is -0.762. The zero-order valence-corrected chi connectivity index (χ0v) is 8.49. The van der Waals surface area contributed by atoms with Crippen LogP contribution in [0.5, 0.6) is 0 Å². The summed E-state index contributed by atoms with van der Waals surface area (Å²) in [5.41, 5.74) is 3.04. The summed E-state index contributed by atoms with van der Waals surface area (Å²) in [5.74, 6) is -0.762. The van der Waals surface area contributed by atoms with Crippen LogP contribution in [0.3, 0.4) is 0 Å². The summed E-state index contributed by atoms with van der Waals surface area (Å²) >= 11 is 0. The van der Waals surface area contributed by atoms with Crippen molar-refractivity contribution in [3.05, 3.63) is 35.6 Å². The molecule has 15 heavy (non-hydrogen) atoms. The monoisotopic (exact) mass is 204 g/mol. The van der Waals surface area contributed by atoms with Crippen molar-refractivity contribution in [1.82, 2.24) is 0 Å². The molecule has 2 rings (SSSR count). The largest absolute Gasteiger partial charge is 0.481 e. The van der Waals surface area contributed by atoms with Gasteiger partial charge in [-0.2, -0.15) is 0 Å². The molecule has 1 N–H and O–H groups in total. The molecule has 78 valence electrons. The van der Waals surface area contributed by atoms with Crippen molar-refractivity contribution >= 4 is 16.9 Å². The number of furan rings is 1. The van der Waals surface area contributed by atoms with Crippen LogP contribution in [-0.4, -0.2) is 11.1 Å². The van der Waals surface area contributed by atoms with Gasteiger partial charge in [0, 0.05) is 11.8 Å². The Balaban J connectivity index is 2.35. The molecule has 0 unspecified atom stereocenters. The van der Waals surface area contributed by atoms with Crippen LogP contribution in [-0.2, 0) is 11.2 Å². The smallest absolute Gasteiger partial charge is 0.303 e. The summed E-state index contributed by atoms with van der Waals surface area (Å²) in [5, 5.41) is 9.69. The van der Waals surface area contributed by atoms with Crippen LogP contribution in [0.2, 0.25) is 0 Å². The maximum atomic E-state index is 10.5. The zero-order valence-electron chi connectivity index (χ0n) is 8.49. The van der Waals surface area contributed by atoms with E-state index in [0.717, 1.165) is 22.1 Å². The molecule has 0 fully saturated rings.